The van der Waals surface area contributed by atoms with E-state index < -0.39 is 5.69 Å². The van der Waals surface area contributed by atoms with E-state index >= 15 is 0 Å². The van der Waals surface area contributed by atoms with E-state index in [1.165, 1.54) is 23.4 Å². The number of aryl methyl sites for hydroxylation is 2. The van der Waals surface area contributed by atoms with Crippen LogP contribution in [0.25, 0.3) is 22.4 Å². The lowest BCUT2D eigenvalue weighted by molar-refractivity contribution is 0.324. The first-order valence-corrected chi connectivity index (χ1v) is 10.8. The Morgan fingerprint density at radius 1 is 1.03 bits per heavy atom. The molecule has 0 amide bonds. The molecule has 0 spiro atoms. The lowest BCUT2D eigenvalue weighted by atomic mass is 10.1. The Labute approximate surface area is 174 Å². The third-order valence-corrected chi connectivity index (χ3v) is 6.15. The summed E-state index contributed by atoms with van der Waals surface area (Å²) in [6, 6.07) is 7.86. The van der Waals surface area contributed by atoms with E-state index in [0.29, 0.717) is 21.9 Å². The van der Waals surface area contributed by atoms with Crippen LogP contribution in [0.5, 0.6) is 0 Å². The predicted octanol–water partition coefficient (Wildman–Crippen LogP) is 2.44. The molecule has 154 valence electrons. The molecule has 7 nitrogen and oxygen atoms in total. The molecule has 2 heterocycles. The zero-order valence-electron chi connectivity index (χ0n) is 17.6. The minimum atomic E-state index is -0.393. The van der Waals surface area contributed by atoms with E-state index in [1.807, 2.05) is 31.2 Å². The number of hydrogen-bond donors (Lipinski definition) is 0. The Morgan fingerprint density at radius 2 is 1.72 bits per heavy atom. The van der Waals surface area contributed by atoms with Crippen LogP contribution in [-0.2, 0) is 14.1 Å². The van der Waals surface area contributed by atoms with E-state index in [0.717, 1.165) is 41.1 Å². The molecule has 1 aromatic carbocycles. The van der Waals surface area contributed by atoms with Gasteiger partial charge in [-0.1, -0.05) is 38.1 Å². The molecule has 0 bridgehead atoms. The highest BCUT2D eigenvalue weighted by atomic mass is 32.2. The minimum absolute atomic E-state index is 0.357. The molecule has 3 aromatic rings. The number of aromatic nitrogens is 4. The van der Waals surface area contributed by atoms with Crippen molar-refractivity contribution in [1.29, 1.82) is 0 Å². The van der Waals surface area contributed by atoms with Crippen molar-refractivity contribution in [2.75, 3.05) is 25.4 Å². The Bertz CT molecular complexity index is 1150. The van der Waals surface area contributed by atoms with Gasteiger partial charge in [-0.15, -0.1) is 11.8 Å². The second-order valence-electron chi connectivity index (χ2n) is 6.95. The van der Waals surface area contributed by atoms with Crippen molar-refractivity contribution in [3.8, 4) is 11.4 Å². The van der Waals surface area contributed by atoms with E-state index in [-0.39, 0.29) is 5.56 Å². The first-order chi connectivity index (χ1) is 13.9. The fourth-order valence-electron chi connectivity index (χ4n) is 3.29. The number of fused-ring (bicyclic) bond motifs is 1. The predicted molar refractivity (Wildman–Crippen MR) is 119 cm³/mol. The van der Waals surface area contributed by atoms with Gasteiger partial charge < -0.3 is 4.90 Å². The molecule has 8 heteroatoms. The lowest BCUT2D eigenvalue weighted by Gasteiger charge is -2.18. The molecular formula is C21H27N5O2S. The molecule has 0 atom stereocenters. The molecule has 0 saturated carbocycles. The van der Waals surface area contributed by atoms with Gasteiger partial charge in [0.25, 0.3) is 5.56 Å². The van der Waals surface area contributed by atoms with Gasteiger partial charge in [0.05, 0.1) is 0 Å². The summed E-state index contributed by atoms with van der Waals surface area (Å²) in [5.74, 6) is 1.33. The molecule has 0 N–H and O–H groups in total. The maximum absolute atomic E-state index is 12.9. The summed E-state index contributed by atoms with van der Waals surface area (Å²) >= 11 is 1.54. The quantitative estimate of drug-likeness (QED) is 0.438. The zero-order chi connectivity index (χ0) is 21.1. The van der Waals surface area contributed by atoms with Gasteiger partial charge in [-0.3, -0.25) is 13.9 Å². The molecule has 2 aromatic heterocycles. The van der Waals surface area contributed by atoms with Gasteiger partial charge in [-0.05, 0) is 25.6 Å². The first kappa shape index (κ1) is 21.3. The molecular weight excluding hydrogens is 386 g/mol. The number of hydrogen-bond acceptors (Lipinski definition) is 6. The lowest BCUT2D eigenvalue weighted by Crippen LogP contribution is -2.37. The maximum Gasteiger partial charge on any atom is 0.332 e. The molecule has 0 saturated heterocycles. The van der Waals surface area contributed by atoms with Crippen LogP contribution in [0.3, 0.4) is 0 Å². The molecule has 29 heavy (non-hydrogen) atoms. The van der Waals surface area contributed by atoms with Crippen LogP contribution in [0, 0.1) is 6.92 Å². The molecule has 0 aliphatic rings. The summed E-state index contributed by atoms with van der Waals surface area (Å²) in [7, 11) is 3.13. The summed E-state index contributed by atoms with van der Waals surface area (Å²) in [6.45, 7) is 9.12. The van der Waals surface area contributed by atoms with Crippen molar-refractivity contribution in [3.05, 3.63) is 50.7 Å². The van der Waals surface area contributed by atoms with Crippen molar-refractivity contribution in [2.24, 2.45) is 14.1 Å². The van der Waals surface area contributed by atoms with Crippen molar-refractivity contribution < 1.29 is 0 Å². The molecule has 3 rings (SSSR count). The Balaban J connectivity index is 2.19. The van der Waals surface area contributed by atoms with Crippen molar-refractivity contribution in [2.45, 2.75) is 25.8 Å². The largest absolute Gasteiger partial charge is 0.332 e. The van der Waals surface area contributed by atoms with Gasteiger partial charge in [-0.2, -0.15) is 0 Å². The van der Waals surface area contributed by atoms with E-state index in [2.05, 4.69) is 23.7 Å². The van der Waals surface area contributed by atoms with Crippen LogP contribution in [0.4, 0.5) is 0 Å². The number of benzene rings is 1. The van der Waals surface area contributed by atoms with Crippen LogP contribution in [0.2, 0.25) is 0 Å². The molecule has 0 fully saturated rings. The van der Waals surface area contributed by atoms with Crippen molar-refractivity contribution >= 4 is 22.8 Å². The maximum atomic E-state index is 12.9. The Kier molecular flexibility index (Phi) is 6.54. The number of nitrogens with zero attached hydrogens (tertiary/aromatic N) is 5. The summed E-state index contributed by atoms with van der Waals surface area (Å²) < 4.78 is 2.54. The Morgan fingerprint density at radius 3 is 2.38 bits per heavy atom. The second kappa shape index (κ2) is 8.92. The third-order valence-electron chi connectivity index (χ3n) is 5.19. The third kappa shape index (κ3) is 4.13. The summed E-state index contributed by atoms with van der Waals surface area (Å²) in [6.07, 6.45) is 0. The van der Waals surface area contributed by atoms with E-state index in [1.54, 1.807) is 7.05 Å². The van der Waals surface area contributed by atoms with Crippen LogP contribution >= 0.6 is 11.8 Å². The Hall–Kier alpha value is -2.45. The van der Waals surface area contributed by atoms with Crippen LogP contribution in [0.1, 0.15) is 19.4 Å². The summed E-state index contributed by atoms with van der Waals surface area (Å²) in [5.41, 5.74) is 1.56. The standard InChI is InChI=1S/C21H27N5O2S/c1-6-26(7-2)12-13-29-19-16-18(24(4)21(28)25(5)20(16)27)22-17(23-19)15-11-9-8-10-14(15)3/h8-11H,6-7,12-13H2,1-5H3. The SMILES string of the molecule is CCN(CC)CCSc1nc(-c2ccccc2C)nc2c1c(=O)n(C)c(=O)n2C. The van der Waals surface area contributed by atoms with Gasteiger partial charge in [0.15, 0.2) is 11.5 Å². The highest BCUT2D eigenvalue weighted by molar-refractivity contribution is 7.99. The summed E-state index contributed by atoms with van der Waals surface area (Å²) in [5, 5.41) is 1.02. The monoisotopic (exact) mass is 413 g/mol. The average molecular weight is 414 g/mol. The topological polar surface area (TPSA) is 73.0 Å². The molecule has 0 unspecified atom stereocenters. The zero-order valence-corrected chi connectivity index (χ0v) is 18.4. The first-order valence-electron chi connectivity index (χ1n) is 9.77. The smallest absolute Gasteiger partial charge is 0.303 e. The van der Waals surface area contributed by atoms with Gasteiger partial charge >= 0.3 is 5.69 Å². The summed E-state index contributed by atoms with van der Waals surface area (Å²) in [4.78, 5) is 37.1. The molecule has 0 aliphatic carbocycles. The van der Waals surface area contributed by atoms with E-state index in [9.17, 15) is 9.59 Å². The van der Waals surface area contributed by atoms with Crippen LogP contribution in [0.15, 0.2) is 38.9 Å². The van der Waals surface area contributed by atoms with Crippen molar-refractivity contribution in [1.82, 2.24) is 24.0 Å². The van der Waals surface area contributed by atoms with Gasteiger partial charge in [0.2, 0.25) is 0 Å². The molecule has 0 radical (unpaired) electrons. The van der Waals surface area contributed by atoms with Crippen molar-refractivity contribution in [3.63, 3.8) is 0 Å². The normalized spacial score (nSPS) is 11.5. The van der Waals surface area contributed by atoms with Gasteiger partial charge in [0.1, 0.15) is 10.4 Å². The van der Waals surface area contributed by atoms with Crippen LogP contribution < -0.4 is 11.2 Å². The van der Waals surface area contributed by atoms with E-state index in [4.69, 9.17) is 4.98 Å². The molecule has 0 aliphatic heterocycles. The van der Waals surface area contributed by atoms with Gasteiger partial charge in [0, 0.05) is 32.0 Å². The fraction of sp³-hybridized carbons (Fsp3) is 0.429. The minimum Gasteiger partial charge on any atom is -0.303 e. The second-order valence-corrected chi connectivity index (χ2v) is 8.03. The average Bonchev–Trinajstić information content (AvgIpc) is 2.73. The highest BCUT2D eigenvalue weighted by Gasteiger charge is 2.18. The van der Waals surface area contributed by atoms with Gasteiger partial charge in [-0.25, -0.2) is 14.8 Å². The van der Waals surface area contributed by atoms with Crippen LogP contribution in [-0.4, -0.2) is 49.4 Å². The number of rotatable bonds is 7. The fourth-order valence-corrected chi connectivity index (χ4v) is 4.31. The highest BCUT2D eigenvalue weighted by Crippen LogP contribution is 2.27. The number of thioether (sulfide) groups is 1.